The first-order chi connectivity index (χ1) is 11.2. The van der Waals surface area contributed by atoms with E-state index in [-0.39, 0.29) is 16.3 Å². The lowest BCUT2D eigenvalue weighted by Crippen LogP contribution is -2.07. The predicted octanol–water partition coefficient (Wildman–Crippen LogP) is 7.15. The van der Waals surface area contributed by atoms with E-state index in [2.05, 4.69) is 79.7 Å². The summed E-state index contributed by atoms with van der Waals surface area (Å²) in [6.07, 6.45) is 0. The summed E-state index contributed by atoms with van der Waals surface area (Å²) in [6.45, 7) is 19.5. The zero-order valence-electron chi connectivity index (χ0n) is 16.7. The van der Waals surface area contributed by atoms with E-state index in [0.29, 0.717) is 35.8 Å². The van der Waals surface area contributed by atoms with Crippen molar-refractivity contribution >= 4 is 16.3 Å². The summed E-state index contributed by atoms with van der Waals surface area (Å²) < 4.78 is 12.5. The minimum absolute atomic E-state index is 0.375. The molecule has 1 rings (SSSR count). The Morgan fingerprint density at radius 2 is 1.00 bits per heavy atom. The van der Waals surface area contributed by atoms with Crippen molar-refractivity contribution in [1.82, 2.24) is 0 Å². The molecular formula is C20H36O2P2. The van der Waals surface area contributed by atoms with Crippen molar-refractivity contribution in [3.8, 4) is 0 Å². The standard InChI is InChI=1S/C20H36O2P2/c1-15(2)23(16(3)4)21-13-19-10-9-11-20(12-19)14-22-24(17(5)6)18(7)8/h9-12,15-18H,13-14H2,1-8H3. The van der Waals surface area contributed by atoms with E-state index in [4.69, 9.17) is 9.05 Å². The molecule has 0 heterocycles. The van der Waals surface area contributed by atoms with E-state index in [9.17, 15) is 0 Å². The fourth-order valence-corrected chi connectivity index (χ4v) is 7.07. The molecule has 0 aliphatic rings. The molecule has 138 valence electrons. The third kappa shape index (κ3) is 7.49. The maximum absolute atomic E-state index is 6.24. The zero-order valence-corrected chi connectivity index (χ0v) is 18.5. The molecule has 0 fully saturated rings. The summed E-state index contributed by atoms with van der Waals surface area (Å²) in [5.41, 5.74) is 4.92. The van der Waals surface area contributed by atoms with Gasteiger partial charge in [-0.3, -0.25) is 0 Å². The van der Waals surface area contributed by atoms with Crippen LogP contribution in [0.15, 0.2) is 24.3 Å². The smallest absolute Gasteiger partial charge is 0.0760 e. The van der Waals surface area contributed by atoms with Crippen molar-refractivity contribution in [2.24, 2.45) is 0 Å². The summed E-state index contributed by atoms with van der Waals surface area (Å²) in [5, 5.41) is 0. The Balaban J connectivity index is 2.63. The summed E-state index contributed by atoms with van der Waals surface area (Å²) in [7, 11) is -0.751. The lowest BCUT2D eigenvalue weighted by Gasteiger charge is -2.26. The maximum Gasteiger partial charge on any atom is 0.0760 e. The van der Waals surface area contributed by atoms with E-state index in [1.54, 1.807) is 0 Å². The van der Waals surface area contributed by atoms with Gasteiger partial charge in [0.2, 0.25) is 0 Å². The van der Waals surface area contributed by atoms with Crippen LogP contribution < -0.4 is 0 Å². The third-order valence-corrected chi connectivity index (χ3v) is 8.71. The quantitative estimate of drug-likeness (QED) is 0.407. The largest absolute Gasteiger partial charge is 0.354 e. The Morgan fingerprint density at radius 1 is 0.667 bits per heavy atom. The maximum atomic E-state index is 6.24. The highest BCUT2D eigenvalue weighted by Crippen LogP contribution is 2.48. The van der Waals surface area contributed by atoms with E-state index in [0.717, 1.165) is 0 Å². The SMILES string of the molecule is CC(C)P(OCc1cccc(COP(C(C)C)C(C)C)c1)C(C)C. The second-order valence-electron chi connectivity index (χ2n) is 7.46. The summed E-state index contributed by atoms with van der Waals surface area (Å²) in [6, 6.07) is 8.68. The molecule has 0 saturated heterocycles. The molecule has 2 nitrogen and oxygen atoms in total. The van der Waals surface area contributed by atoms with Crippen molar-refractivity contribution in [3.63, 3.8) is 0 Å². The average molecular weight is 370 g/mol. The van der Waals surface area contributed by atoms with Gasteiger partial charge in [-0.25, -0.2) is 0 Å². The molecule has 0 bridgehead atoms. The first-order valence-electron chi connectivity index (χ1n) is 9.12. The lowest BCUT2D eigenvalue weighted by atomic mass is 10.1. The fourth-order valence-electron chi connectivity index (χ4n) is 2.90. The molecule has 0 aromatic heterocycles. The Bertz CT molecular complexity index is 417. The van der Waals surface area contributed by atoms with Crippen LogP contribution in [0.3, 0.4) is 0 Å². The normalized spacial score (nSPS) is 12.6. The van der Waals surface area contributed by atoms with Crippen molar-refractivity contribution in [2.75, 3.05) is 0 Å². The number of hydrogen-bond acceptors (Lipinski definition) is 2. The van der Waals surface area contributed by atoms with Crippen LogP contribution in [0, 0.1) is 0 Å². The molecule has 0 radical (unpaired) electrons. The lowest BCUT2D eigenvalue weighted by molar-refractivity contribution is 0.327. The fraction of sp³-hybridized carbons (Fsp3) is 0.700. The first-order valence-corrected chi connectivity index (χ1v) is 11.9. The monoisotopic (exact) mass is 370 g/mol. The highest BCUT2D eigenvalue weighted by Gasteiger charge is 2.19. The van der Waals surface area contributed by atoms with Crippen molar-refractivity contribution in [1.29, 1.82) is 0 Å². The van der Waals surface area contributed by atoms with Gasteiger partial charge in [-0.15, -0.1) is 0 Å². The van der Waals surface area contributed by atoms with Gasteiger partial charge in [0.1, 0.15) is 0 Å². The molecule has 0 amide bonds. The van der Waals surface area contributed by atoms with Crippen molar-refractivity contribution < 1.29 is 9.05 Å². The molecule has 0 aliphatic carbocycles. The Hall–Kier alpha value is 0. The van der Waals surface area contributed by atoms with Crippen molar-refractivity contribution in [2.45, 2.75) is 91.2 Å². The van der Waals surface area contributed by atoms with Crippen LogP contribution >= 0.6 is 16.3 Å². The molecule has 1 aromatic carbocycles. The molecule has 0 spiro atoms. The summed E-state index contributed by atoms with van der Waals surface area (Å²) in [5.74, 6) is 0. The number of hydrogen-bond donors (Lipinski definition) is 0. The summed E-state index contributed by atoms with van der Waals surface area (Å²) in [4.78, 5) is 0. The second-order valence-corrected chi connectivity index (χ2v) is 13.5. The minimum atomic E-state index is -0.375. The minimum Gasteiger partial charge on any atom is -0.354 e. The molecule has 0 unspecified atom stereocenters. The molecule has 0 aliphatic heterocycles. The van der Waals surface area contributed by atoms with Crippen LogP contribution in [0.5, 0.6) is 0 Å². The molecule has 1 aromatic rings. The highest BCUT2D eigenvalue weighted by atomic mass is 31.1. The van der Waals surface area contributed by atoms with Crippen LogP contribution in [-0.2, 0) is 22.3 Å². The van der Waals surface area contributed by atoms with Gasteiger partial charge >= 0.3 is 0 Å². The summed E-state index contributed by atoms with van der Waals surface area (Å²) >= 11 is 0. The van der Waals surface area contributed by atoms with Crippen LogP contribution in [-0.4, -0.2) is 22.6 Å². The topological polar surface area (TPSA) is 18.5 Å². The van der Waals surface area contributed by atoms with E-state index < -0.39 is 0 Å². The van der Waals surface area contributed by atoms with Crippen molar-refractivity contribution in [3.05, 3.63) is 35.4 Å². The van der Waals surface area contributed by atoms with Crippen LogP contribution in [0.25, 0.3) is 0 Å². The Labute approximate surface area is 152 Å². The second kappa shape index (κ2) is 10.9. The first kappa shape index (κ1) is 22.0. The Kier molecular flexibility index (Phi) is 9.98. The van der Waals surface area contributed by atoms with Gasteiger partial charge in [-0.1, -0.05) is 79.7 Å². The predicted molar refractivity (Wildman–Crippen MR) is 110 cm³/mol. The van der Waals surface area contributed by atoms with Crippen LogP contribution in [0.1, 0.15) is 66.5 Å². The van der Waals surface area contributed by atoms with E-state index >= 15 is 0 Å². The molecule has 0 saturated carbocycles. The molecule has 0 atom stereocenters. The van der Waals surface area contributed by atoms with Gasteiger partial charge in [0.05, 0.1) is 13.2 Å². The zero-order chi connectivity index (χ0) is 18.3. The van der Waals surface area contributed by atoms with Gasteiger partial charge < -0.3 is 9.05 Å². The van der Waals surface area contributed by atoms with Gasteiger partial charge in [0, 0.05) is 16.3 Å². The molecule has 24 heavy (non-hydrogen) atoms. The third-order valence-electron chi connectivity index (χ3n) is 3.79. The number of rotatable bonds is 10. The van der Waals surface area contributed by atoms with Crippen LogP contribution in [0.4, 0.5) is 0 Å². The molecule has 0 N–H and O–H groups in total. The van der Waals surface area contributed by atoms with Crippen LogP contribution in [0.2, 0.25) is 0 Å². The Morgan fingerprint density at radius 3 is 1.29 bits per heavy atom. The van der Waals surface area contributed by atoms with E-state index in [1.807, 2.05) is 0 Å². The van der Waals surface area contributed by atoms with E-state index in [1.165, 1.54) is 11.1 Å². The molecular weight excluding hydrogens is 334 g/mol. The molecule has 4 heteroatoms. The number of benzene rings is 1. The van der Waals surface area contributed by atoms with Gasteiger partial charge in [-0.05, 0) is 33.8 Å². The van der Waals surface area contributed by atoms with Gasteiger partial charge in [0.15, 0.2) is 0 Å². The highest BCUT2D eigenvalue weighted by molar-refractivity contribution is 7.54. The van der Waals surface area contributed by atoms with Gasteiger partial charge in [0.25, 0.3) is 0 Å². The van der Waals surface area contributed by atoms with Gasteiger partial charge in [-0.2, -0.15) is 0 Å². The average Bonchev–Trinajstić information content (AvgIpc) is 2.46.